The summed E-state index contributed by atoms with van der Waals surface area (Å²) in [6, 6.07) is 5.73. The third kappa shape index (κ3) is 3.80. The number of carbonyl (C=O) groups is 2. The van der Waals surface area contributed by atoms with Crippen LogP contribution in [-0.2, 0) is 4.79 Å². The number of nitrogens with one attached hydrogen (secondary N) is 1. The van der Waals surface area contributed by atoms with Gasteiger partial charge in [0.1, 0.15) is 11.9 Å². The van der Waals surface area contributed by atoms with E-state index in [9.17, 15) is 14.4 Å². The van der Waals surface area contributed by atoms with Crippen LogP contribution in [0, 0.1) is 0 Å². The lowest BCUT2D eigenvalue weighted by molar-refractivity contribution is -0.108. The molecule has 2 aromatic rings. The number of nitrogens with zero attached hydrogens (tertiary/aromatic N) is 1. The lowest BCUT2D eigenvalue weighted by Gasteiger charge is -2.21. The molecule has 24 heavy (non-hydrogen) atoms. The van der Waals surface area contributed by atoms with Crippen molar-refractivity contribution in [1.29, 1.82) is 0 Å². The van der Waals surface area contributed by atoms with Crippen LogP contribution in [0.2, 0.25) is 0 Å². The first-order valence-electron chi connectivity index (χ1n) is 7.82. The van der Waals surface area contributed by atoms with E-state index in [0.29, 0.717) is 17.3 Å². The molecule has 7 nitrogen and oxygen atoms in total. The lowest BCUT2D eigenvalue weighted by Crippen LogP contribution is -2.38. The number of amides is 1. The van der Waals surface area contributed by atoms with Gasteiger partial charge in [0.05, 0.1) is 11.6 Å². The molecular formula is C17H21N3O4. The molecule has 1 atom stereocenters. The van der Waals surface area contributed by atoms with Crippen molar-refractivity contribution in [3.05, 3.63) is 40.2 Å². The number of hydrogen-bond donors (Lipinski definition) is 2. The Morgan fingerprint density at radius 2 is 2.04 bits per heavy atom. The Bertz CT molecular complexity index is 796. The maximum absolute atomic E-state index is 12.3. The molecule has 2 rings (SSSR count). The summed E-state index contributed by atoms with van der Waals surface area (Å²) in [6.45, 7) is 5.70. The minimum atomic E-state index is -0.783. The van der Waals surface area contributed by atoms with E-state index in [-0.39, 0.29) is 12.1 Å². The number of benzene rings is 1. The molecule has 128 valence electrons. The van der Waals surface area contributed by atoms with Crippen molar-refractivity contribution >= 4 is 28.8 Å². The van der Waals surface area contributed by atoms with E-state index >= 15 is 0 Å². The number of nitrogens with two attached hydrogens (primary N) is 1. The zero-order valence-corrected chi connectivity index (χ0v) is 13.7. The second-order valence-corrected chi connectivity index (χ2v) is 5.34. The van der Waals surface area contributed by atoms with E-state index in [2.05, 4.69) is 10.2 Å². The summed E-state index contributed by atoms with van der Waals surface area (Å²) in [4.78, 5) is 36.7. The zero-order valence-electron chi connectivity index (χ0n) is 13.7. The number of fused-ring (bicyclic) bond motifs is 1. The molecule has 0 aliphatic heterocycles. The van der Waals surface area contributed by atoms with Gasteiger partial charge in [0.25, 0.3) is 5.91 Å². The fraction of sp³-hybridized carbons (Fsp3) is 0.353. The quantitative estimate of drug-likeness (QED) is 0.577. The van der Waals surface area contributed by atoms with Gasteiger partial charge in [0.2, 0.25) is 0 Å². The van der Waals surface area contributed by atoms with Crippen LogP contribution in [0.3, 0.4) is 0 Å². The maximum Gasteiger partial charge on any atom is 0.337 e. The first-order chi connectivity index (χ1) is 11.5. The van der Waals surface area contributed by atoms with Gasteiger partial charge in [-0.25, -0.2) is 4.79 Å². The smallest absolute Gasteiger partial charge is 0.337 e. The molecule has 0 fully saturated rings. The van der Waals surface area contributed by atoms with Gasteiger partial charge in [-0.05, 0) is 26.0 Å². The molecule has 1 amide bonds. The molecule has 1 unspecified atom stereocenters. The Morgan fingerprint density at radius 3 is 2.67 bits per heavy atom. The molecule has 1 aromatic heterocycles. The average Bonchev–Trinajstić information content (AvgIpc) is 2.59. The van der Waals surface area contributed by atoms with E-state index in [4.69, 9.17) is 10.2 Å². The van der Waals surface area contributed by atoms with Gasteiger partial charge in [0.15, 0.2) is 0 Å². The van der Waals surface area contributed by atoms with Crippen molar-refractivity contribution in [2.24, 2.45) is 5.73 Å². The normalized spacial score (nSPS) is 12.0. The van der Waals surface area contributed by atoms with Gasteiger partial charge in [-0.15, -0.1) is 0 Å². The molecule has 0 aliphatic carbocycles. The van der Waals surface area contributed by atoms with Crippen LogP contribution in [0.1, 0.15) is 24.2 Å². The molecule has 0 bridgehead atoms. The number of hydrogen-bond acceptors (Lipinski definition) is 6. The Labute approximate surface area is 139 Å². The number of anilines is 1. The van der Waals surface area contributed by atoms with Gasteiger partial charge in [-0.2, -0.15) is 0 Å². The fourth-order valence-electron chi connectivity index (χ4n) is 2.48. The largest absolute Gasteiger partial charge is 0.423 e. The predicted molar refractivity (Wildman–Crippen MR) is 92.4 cm³/mol. The van der Waals surface area contributed by atoms with Crippen LogP contribution >= 0.6 is 0 Å². The molecular weight excluding hydrogens is 310 g/mol. The number of aldehydes is 1. The minimum absolute atomic E-state index is 0.00157. The second kappa shape index (κ2) is 7.74. The van der Waals surface area contributed by atoms with Crippen LogP contribution in [0.4, 0.5) is 5.69 Å². The molecule has 1 aromatic carbocycles. The van der Waals surface area contributed by atoms with Gasteiger partial charge >= 0.3 is 5.63 Å². The summed E-state index contributed by atoms with van der Waals surface area (Å²) < 4.78 is 5.24. The van der Waals surface area contributed by atoms with Gasteiger partial charge in [-0.3, -0.25) is 4.79 Å². The van der Waals surface area contributed by atoms with E-state index in [1.165, 1.54) is 0 Å². The van der Waals surface area contributed by atoms with Crippen molar-refractivity contribution < 1.29 is 14.0 Å². The first kappa shape index (κ1) is 17.7. The molecule has 1 heterocycles. The standard InChI is InChI=1S/C17H21N3O4/c1-3-20(4-2)12-5-6-13-14(8-16(22)24-15(13)7-12)17(23)19-9-11(18)10-21/h5-8,10-11H,3-4,9,18H2,1-2H3,(H,19,23). The molecule has 0 spiro atoms. The third-order valence-corrected chi connectivity index (χ3v) is 3.77. The predicted octanol–water partition coefficient (Wildman–Crippen LogP) is 0.895. The van der Waals surface area contributed by atoms with Crippen molar-refractivity contribution in [3.63, 3.8) is 0 Å². The minimum Gasteiger partial charge on any atom is -0.423 e. The molecule has 0 saturated carbocycles. The number of carbonyl (C=O) groups excluding carboxylic acids is 2. The molecule has 7 heteroatoms. The summed E-state index contributed by atoms with van der Waals surface area (Å²) in [7, 11) is 0. The highest BCUT2D eigenvalue weighted by molar-refractivity contribution is 6.06. The molecule has 0 radical (unpaired) electrons. The topological polar surface area (TPSA) is 106 Å². The van der Waals surface area contributed by atoms with E-state index in [0.717, 1.165) is 24.8 Å². The molecule has 3 N–H and O–H groups in total. The zero-order chi connectivity index (χ0) is 17.7. The summed E-state index contributed by atoms with van der Waals surface area (Å²) in [5.74, 6) is -0.471. The number of rotatable bonds is 7. The summed E-state index contributed by atoms with van der Waals surface area (Å²) in [5, 5.41) is 3.07. The van der Waals surface area contributed by atoms with Crippen LogP contribution in [0.5, 0.6) is 0 Å². The third-order valence-electron chi connectivity index (χ3n) is 3.77. The lowest BCUT2D eigenvalue weighted by atomic mass is 10.1. The van der Waals surface area contributed by atoms with Gasteiger partial charge in [0, 0.05) is 42.8 Å². The monoisotopic (exact) mass is 331 g/mol. The van der Waals surface area contributed by atoms with Crippen LogP contribution < -0.4 is 21.6 Å². The van der Waals surface area contributed by atoms with Crippen LogP contribution in [0.25, 0.3) is 11.0 Å². The Morgan fingerprint density at radius 1 is 1.33 bits per heavy atom. The van der Waals surface area contributed by atoms with Crippen molar-refractivity contribution in [2.45, 2.75) is 19.9 Å². The molecule has 0 aliphatic rings. The highest BCUT2D eigenvalue weighted by Crippen LogP contribution is 2.23. The fourth-order valence-corrected chi connectivity index (χ4v) is 2.48. The van der Waals surface area contributed by atoms with E-state index in [1.54, 1.807) is 12.1 Å². The van der Waals surface area contributed by atoms with E-state index in [1.807, 2.05) is 19.9 Å². The van der Waals surface area contributed by atoms with Crippen molar-refractivity contribution in [3.8, 4) is 0 Å². The first-order valence-corrected chi connectivity index (χ1v) is 7.82. The SMILES string of the molecule is CCN(CC)c1ccc2c(C(=O)NCC(N)C=O)cc(=O)oc2c1. The van der Waals surface area contributed by atoms with Gasteiger partial charge < -0.3 is 25.2 Å². The maximum atomic E-state index is 12.3. The van der Waals surface area contributed by atoms with Crippen LogP contribution in [-0.4, -0.2) is 37.9 Å². The summed E-state index contributed by atoms with van der Waals surface area (Å²) in [6.07, 6.45) is 0.550. The van der Waals surface area contributed by atoms with E-state index < -0.39 is 17.6 Å². The van der Waals surface area contributed by atoms with Crippen molar-refractivity contribution in [1.82, 2.24) is 5.32 Å². The Hall–Kier alpha value is -2.67. The summed E-state index contributed by atoms with van der Waals surface area (Å²) in [5.41, 5.74) is 6.31. The Kier molecular flexibility index (Phi) is 5.70. The van der Waals surface area contributed by atoms with Crippen molar-refractivity contribution in [2.75, 3.05) is 24.5 Å². The average molecular weight is 331 g/mol. The van der Waals surface area contributed by atoms with Crippen LogP contribution in [0.15, 0.2) is 33.5 Å². The highest BCUT2D eigenvalue weighted by atomic mass is 16.4. The summed E-state index contributed by atoms with van der Waals surface area (Å²) >= 11 is 0. The second-order valence-electron chi connectivity index (χ2n) is 5.34. The highest BCUT2D eigenvalue weighted by Gasteiger charge is 2.15. The van der Waals surface area contributed by atoms with Gasteiger partial charge in [-0.1, -0.05) is 0 Å². The molecule has 0 saturated heterocycles. The Balaban J connectivity index is 2.42.